The Bertz CT molecular complexity index is 1120. The van der Waals surface area contributed by atoms with Gasteiger partial charge in [0.25, 0.3) is 11.5 Å². The van der Waals surface area contributed by atoms with Crippen LogP contribution in [0.15, 0.2) is 41.2 Å². The molecule has 0 unspecified atom stereocenters. The second-order valence-electron chi connectivity index (χ2n) is 6.97. The fourth-order valence-corrected chi connectivity index (χ4v) is 3.21. The average molecular weight is 384 g/mol. The number of carbonyl (C=O) groups excluding carboxylic acids is 1. The van der Waals surface area contributed by atoms with Crippen LogP contribution in [0.3, 0.4) is 0 Å². The zero-order chi connectivity index (χ0) is 20.4. The topological polar surface area (TPSA) is 51.1 Å². The van der Waals surface area contributed by atoms with E-state index in [1.165, 1.54) is 10.6 Å². The molecule has 0 atom stereocenters. The fraction of sp³-hybridized carbons (Fsp3) is 0.273. The lowest BCUT2D eigenvalue weighted by Gasteiger charge is -2.15. The van der Waals surface area contributed by atoms with E-state index in [0.29, 0.717) is 18.7 Å². The first kappa shape index (κ1) is 19.7. The molecule has 0 saturated carbocycles. The van der Waals surface area contributed by atoms with Crippen LogP contribution in [0.4, 0.5) is 14.5 Å². The molecule has 28 heavy (non-hydrogen) atoms. The molecule has 0 aliphatic rings. The highest BCUT2D eigenvalue weighted by Gasteiger charge is 2.18. The summed E-state index contributed by atoms with van der Waals surface area (Å²) in [6.45, 7) is 6.12. The predicted octanol–water partition coefficient (Wildman–Crippen LogP) is 4.95. The summed E-state index contributed by atoms with van der Waals surface area (Å²) in [5.74, 6) is -2.61. The van der Waals surface area contributed by atoms with Crippen molar-refractivity contribution in [2.45, 2.75) is 40.2 Å². The SMILES string of the molecule is CCCCn1c(C(=O)Nc2ccc(C)cc2C)cc2cc(F)c(F)cc2c1=O. The number of hydrogen-bond donors (Lipinski definition) is 1. The summed E-state index contributed by atoms with van der Waals surface area (Å²) < 4.78 is 28.6. The van der Waals surface area contributed by atoms with E-state index < -0.39 is 23.1 Å². The van der Waals surface area contributed by atoms with Crippen LogP contribution < -0.4 is 10.9 Å². The Balaban J connectivity index is 2.12. The molecule has 3 aromatic rings. The Morgan fingerprint density at radius 2 is 1.79 bits per heavy atom. The van der Waals surface area contributed by atoms with Crippen molar-refractivity contribution in [3.8, 4) is 0 Å². The lowest BCUT2D eigenvalue weighted by molar-refractivity contribution is 0.101. The molecule has 1 heterocycles. The molecule has 1 N–H and O–H groups in total. The molecular weight excluding hydrogens is 362 g/mol. The number of fused-ring (bicyclic) bond motifs is 1. The van der Waals surface area contributed by atoms with Crippen LogP contribution in [0.2, 0.25) is 0 Å². The van der Waals surface area contributed by atoms with E-state index in [0.717, 1.165) is 29.7 Å². The normalized spacial score (nSPS) is 11.0. The molecule has 6 heteroatoms. The number of rotatable bonds is 5. The van der Waals surface area contributed by atoms with Gasteiger partial charge in [-0.3, -0.25) is 9.59 Å². The van der Waals surface area contributed by atoms with Crippen molar-refractivity contribution in [2.75, 3.05) is 5.32 Å². The number of benzene rings is 2. The quantitative estimate of drug-likeness (QED) is 0.677. The number of aromatic nitrogens is 1. The maximum absolute atomic E-state index is 13.7. The van der Waals surface area contributed by atoms with Crippen molar-refractivity contribution in [1.82, 2.24) is 4.57 Å². The highest BCUT2D eigenvalue weighted by atomic mass is 19.2. The van der Waals surface area contributed by atoms with Crippen LogP contribution in [0.1, 0.15) is 41.4 Å². The van der Waals surface area contributed by atoms with E-state index in [4.69, 9.17) is 0 Å². The summed E-state index contributed by atoms with van der Waals surface area (Å²) in [6.07, 6.45) is 1.50. The Labute approximate surface area is 161 Å². The zero-order valence-corrected chi connectivity index (χ0v) is 16.1. The smallest absolute Gasteiger partial charge is 0.272 e. The highest BCUT2D eigenvalue weighted by Crippen LogP contribution is 2.20. The van der Waals surface area contributed by atoms with Crippen LogP contribution in [-0.4, -0.2) is 10.5 Å². The molecule has 0 bridgehead atoms. The van der Waals surface area contributed by atoms with Crippen molar-refractivity contribution in [1.29, 1.82) is 0 Å². The minimum absolute atomic E-state index is 0.0538. The number of hydrogen-bond acceptors (Lipinski definition) is 2. The summed E-state index contributed by atoms with van der Waals surface area (Å²) in [4.78, 5) is 25.8. The summed E-state index contributed by atoms with van der Waals surface area (Å²) in [7, 11) is 0. The molecule has 1 amide bonds. The molecule has 146 valence electrons. The fourth-order valence-electron chi connectivity index (χ4n) is 3.21. The third kappa shape index (κ3) is 3.81. The molecule has 2 aromatic carbocycles. The number of nitrogens with one attached hydrogen (secondary N) is 1. The van der Waals surface area contributed by atoms with Gasteiger partial charge in [-0.1, -0.05) is 31.0 Å². The lowest BCUT2D eigenvalue weighted by atomic mass is 10.1. The molecule has 0 aliphatic heterocycles. The number of carbonyl (C=O) groups is 1. The Kier molecular flexibility index (Phi) is 5.58. The number of halogens is 2. The first-order chi connectivity index (χ1) is 13.3. The Morgan fingerprint density at radius 1 is 1.07 bits per heavy atom. The van der Waals surface area contributed by atoms with Gasteiger partial charge in [0.05, 0.1) is 5.39 Å². The largest absolute Gasteiger partial charge is 0.320 e. The van der Waals surface area contributed by atoms with Gasteiger partial charge >= 0.3 is 0 Å². The second-order valence-corrected chi connectivity index (χ2v) is 6.97. The maximum Gasteiger partial charge on any atom is 0.272 e. The molecule has 1 aromatic heterocycles. The number of unbranched alkanes of at least 4 members (excludes halogenated alkanes) is 1. The van der Waals surface area contributed by atoms with Crippen LogP contribution in [0.25, 0.3) is 10.8 Å². The van der Waals surface area contributed by atoms with E-state index in [1.54, 1.807) is 6.07 Å². The van der Waals surface area contributed by atoms with Crippen LogP contribution in [0, 0.1) is 25.5 Å². The molecule has 4 nitrogen and oxygen atoms in total. The minimum Gasteiger partial charge on any atom is -0.320 e. The van der Waals surface area contributed by atoms with E-state index in [9.17, 15) is 18.4 Å². The third-order valence-corrected chi connectivity index (χ3v) is 4.75. The van der Waals surface area contributed by atoms with Crippen LogP contribution >= 0.6 is 0 Å². The minimum atomic E-state index is -1.08. The van der Waals surface area contributed by atoms with Gasteiger partial charge in [0.2, 0.25) is 0 Å². The number of aryl methyl sites for hydroxylation is 2. The van der Waals surface area contributed by atoms with Gasteiger partial charge in [-0.05, 0) is 55.5 Å². The molecular formula is C22H22F2N2O2. The van der Waals surface area contributed by atoms with Gasteiger partial charge in [0, 0.05) is 12.2 Å². The third-order valence-electron chi connectivity index (χ3n) is 4.75. The monoisotopic (exact) mass is 384 g/mol. The molecule has 0 saturated heterocycles. The number of nitrogens with zero attached hydrogens (tertiary/aromatic N) is 1. The molecule has 0 aliphatic carbocycles. The van der Waals surface area contributed by atoms with Gasteiger partial charge < -0.3 is 9.88 Å². The van der Waals surface area contributed by atoms with Crippen LogP contribution in [0.5, 0.6) is 0 Å². The Morgan fingerprint density at radius 3 is 2.46 bits per heavy atom. The van der Waals surface area contributed by atoms with E-state index in [1.807, 2.05) is 32.9 Å². The van der Waals surface area contributed by atoms with Gasteiger partial charge in [-0.25, -0.2) is 8.78 Å². The average Bonchev–Trinajstić information content (AvgIpc) is 2.64. The van der Waals surface area contributed by atoms with Crippen LogP contribution in [-0.2, 0) is 6.54 Å². The summed E-state index contributed by atoms with van der Waals surface area (Å²) in [5.41, 5.74) is 2.21. The van der Waals surface area contributed by atoms with Crippen molar-refractivity contribution < 1.29 is 13.6 Å². The number of pyridine rings is 1. The predicted molar refractivity (Wildman–Crippen MR) is 107 cm³/mol. The first-order valence-corrected chi connectivity index (χ1v) is 9.23. The summed E-state index contributed by atoms with van der Waals surface area (Å²) in [5, 5.41) is 3.07. The number of amides is 1. The zero-order valence-electron chi connectivity index (χ0n) is 16.1. The van der Waals surface area contributed by atoms with Crippen molar-refractivity contribution in [3.05, 3.63) is 75.2 Å². The lowest BCUT2D eigenvalue weighted by Crippen LogP contribution is -2.29. The summed E-state index contributed by atoms with van der Waals surface area (Å²) >= 11 is 0. The maximum atomic E-state index is 13.7. The standard InChI is InChI=1S/C22H22F2N2O2/c1-4-5-8-26-20(21(27)25-19-7-6-13(2)9-14(19)3)11-15-10-17(23)18(24)12-16(15)22(26)28/h6-7,9-12H,4-5,8H2,1-3H3,(H,25,27). The Hall–Kier alpha value is -3.02. The van der Waals surface area contributed by atoms with Gasteiger partial charge in [-0.15, -0.1) is 0 Å². The molecule has 0 fully saturated rings. The molecule has 3 rings (SSSR count). The van der Waals surface area contributed by atoms with Gasteiger partial charge in [-0.2, -0.15) is 0 Å². The van der Waals surface area contributed by atoms with Crippen molar-refractivity contribution >= 4 is 22.4 Å². The van der Waals surface area contributed by atoms with Gasteiger partial charge in [0.15, 0.2) is 11.6 Å². The van der Waals surface area contributed by atoms with E-state index in [2.05, 4.69) is 5.32 Å². The van der Waals surface area contributed by atoms with Gasteiger partial charge in [0.1, 0.15) is 5.69 Å². The van der Waals surface area contributed by atoms with E-state index in [-0.39, 0.29) is 16.5 Å². The van der Waals surface area contributed by atoms with E-state index >= 15 is 0 Å². The summed E-state index contributed by atoms with van der Waals surface area (Å²) in [6, 6.07) is 8.90. The highest BCUT2D eigenvalue weighted by molar-refractivity contribution is 6.05. The second kappa shape index (κ2) is 7.92. The van der Waals surface area contributed by atoms with Crippen molar-refractivity contribution in [2.24, 2.45) is 0 Å². The molecule has 0 spiro atoms. The first-order valence-electron chi connectivity index (χ1n) is 9.23. The number of anilines is 1. The van der Waals surface area contributed by atoms with Crippen molar-refractivity contribution in [3.63, 3.8) is 0 Å². The molecule has 0 radical (unpaired) electrons.